The molecule has 2 atom stereocenters. The van der Waals surface area contributed by atoms with Gasteiger partial charge in [-0.05, 0) is 34.1 Å². The SMILES string of the molecule is C[C@@H]1CN[C@@H](CCC(=O)OC(C)(C)C)C(=O)N1. The molecule has 1 aliphatic heterocycles. The number of hydrogen-bond acceptors (Lipinski definition) is 4. The number of carbonyl (C=O) groups is 2. The fourth-order valence-corrected chi connectivity index (χ4v) is 1.69. The lowest BCUT2D eigenvalue weighted by molar-refractivity contribution is -0.155. The predicted molar refractivity (Wildman–Crippen MR) is 64.5 cm³/mol. The molecular formula is C12H22N2O3. The zero-order chi connectivity index (χ0) is 13.1. The number of carbonyl (C=O) groups excluding carboxylic acids is 2. The van der Waals surface area contributed by atoms with Gasteiger partial charge in [-0.2, -0.15) is 0 Å². The predicted octanol–water partition coefficient (Wildman–Crippen LogP) is 0.585. The number of esters is 1. The monoisotopic (exact) mass is 242 g/mol. The Hall–Kier alpha value is -1.10. The van der Waals surface area contributed by atoms with Crippen LogP contribution in [-0.4, -0.2) is 36.1 Å². The van der Waals surface area contributed by atoms with Crippen LogP contribution in [-0.2, 0) is 14.3 Å². The van der Waals surface area contributed by atoms with Crippen molar-refractivity contribution in [1.29, 1.82) is 0 Å². The summed E-state index contributed by atoms with van der Waals surface area (Å²) in [5.74, 6) is -0.293. The molecule has 1 aliphatic rings. The van der Waals surface area contributed by atoms with Gasteiger partial charge in [-0.25, -0.2) is 0 Å². The third kappa shape index (κ3) is 5.17. The molecule has 0 aromatic heterocycles. The fraction of sp³-hybridized carbons (Fsp3) is 0.833. The first kappa shape index (κ1) is 14.0. The Morgan fingerprint density at radius 1 is 1.47 bits per heavy atom. The van der Waals surface area contributed by atoms with Gasteiger partial charge in [0.1, 0.15) is 5.60 Å². The molecule has 5 nitrogen and oxygen atoms in total. The van der Waals surface area contributed by atoms with Crippen LogP contribution in [0.25, 0.3) is 0 Å². The molecule has 1 heterocycles. The Morgan fingerprint density at radius 3 is 2.65 bits per heavy atom. The molecule has 0 aromatic rings. The van der Waals surface area contributed by atoms with Crippen LogP contribution in [0.4, 0.5) is 0 Å². The van der Waals surface area contributed by atoms with E-state index in [2.05, 4.69) is 10.6 Å². The van der Waals surface area contributed by atoms with Gasteiger partial charge in [0, 0.05) is 19.0 Å². The molecule has 0 radical (unpaired) electrons. The third-order valence-corrected chi connectivity index (χ3v) is 2.43. The van der Waals surface area contributed by atoms with Crippen LogP contribution < -0.4 is 10.6 Å². The van der Waals surface area contributed by atoms with Crippen LogP contribution in [0.5, 0.6) is 0 Å². The summed E-state index contributed by atoms with van der Waals surface area (Å²) in [6.45, 7) is 8.17. The number of piperazine rings is 1. The third-order valence-electron chi connectivity index (χ3n) is 2.43. The molecule has 0 unspecified atom stereocenters. The molecule has 1 amide bonds. The van der Waals surface area contributed by atoms with Crippen LogP contribution in [0.15, 0.2) is 0 Å². The molecule has 0 bridgehead atoms. The van der Waals surface area contributed by atoms with Crippen molar-refractivity contribution in [2.75, 3.05) is 6.54 Å². The average Bonchev–Trinajstić information content (AvgIpc) is 2.13. The second-order valence-corrected chi connectivity index (χ2v) is 5.50. The number of hydrogen-bond donors (Lipinski definition) is 2. The van der Waals surface area contributed by atoms with E-state index in [1.807, 2.05) is 27.7 Å². The highest BCUT2D eigenvalue weighted by atomic mass is 16.6. The van der Waals surface area contributed by atoms with Crippen LogP contribution in [0, 0.1) is 0 Å². The van der Waals surface area contributed by atoms with E-state index in [9.17, 15) is 9.59 Å². The van der Waals surface area contributed by atoms with E-state index in [4.69, 9.17) is 4.74 Å². The Kier molecular flexibility index (Phi) is 4.51. The fourth-order valence-electron chi connectivity index (χ4n) is 1.69. The van der Waals surface area contributed by atoms with Gasteiger partial charge in [-0.3, -0.25) is 9.59 Å². The summed E-state index contributed by atoms with van der Waals surface area (Å²) >= 11 is 0. The summed E-state index contributed by atoms with van der Waals surface area (Å²) in [5, 5.41) is 5.96. The highest BCUT2D eigenvalue weighted by molar-refractivity contribution is 5.83. The van der Waals surface area contributed by atoms with E-state index in [-0.39, 0.29) is 30.4 Å². The topological polar surface area (TPSA) is 67.4 Å². The second-order valence-electron chi connectivity index (χ2n) is 5.50. The van der Waals surface area contributed by atoms with Crippen molar-refractivity contribution in [2.45, 2.75) is 58.2 Å². The van der Waals surface area contributed by atoms with Crippen molar-refractivity contribution in [2.24, 2.45) is 0 Å². The molecule has 2 N–H and O–H groups in total. The van der Waals surface area contributed by atoms with E-state index in [1.54, 1.807) is 0 Å². The van der Waals surface area contributed by atoms with Gasteiger partial charge in [-0.1, -0.05) is 0 Å². The molecule has 0 spiro atoms. The summed E-state index contributed by atoms with van der Waals surface area (Å²) < 4.78 is 5.19. The van der Waals surface area contributed by atoms with Gasteiger partial charge in [0.2, 0.25) is 5.91 Å². The van der Waals surface area contributed by atoms with Crippen LogP contribution >= 0.6 is 0 Å². The first-order chi connectivity index (χ1) is 7.78. The van der Waals surface area contributed by atoms with Crippen molar-refractivity contribution in [3.8, 4) is 0 Å². The van der Waals surface area contributed by atoms with E-state index in [0.29, 0.717) is 6.42 Å². The number of rotatable bonds is 3. The van der Waals surface area contributed by atoms with Crippen molar-refractivity contribution in [3.05, 3.63) is 0 Å². The Bertz CT molecular complexity index is 297. The normalized spacial score (nSPS) is 25.3. The summed E-state index contributed by atoms with van der Waals surface area (Å²) in [6.07, 6.45) is 0.740. The van der Waals surface area contributed by atoms with Crippen molar-refractivity contribution in [1.82, 2.24) is 10.6 Å². The largest absolute Gasteiger partial charge is 0.460 e. The van der Waals surface area contributed by atoms with Crippen molar-refractivity contribution in [3.63, 3.8) is 0 Å². The zero-order valence-corrected chi connectivity index (χ0v) is 11.0. The minimum Gasteiger partial charge on any atom is -0.460 e. The van der Waals surface area contributed by atoms with E-state index in [0.717, 1.165) is 6.54 Å². The minimum absolute atomic E-state index is 0.0349. The van der Waals surface area contributed by atoms with E-state index in [1.165, 1.54) is 0 Å². The quantitative estimate of drug-likeness (QED) is 0.711. The maximum atomic E-state index is 11.6. The molecule has 0 saturated carbocycles. The first-order valence-electron chi connectivity index (χ1n) is 6.03. The number of nitrogens with one attached hydrogen (secondary N) is 2. The Morgan fingerprint density at radius 2 is 2.12 bits per heavy atom. The van der Waals surface area contributed by atoms with Crippen molar-refractivity contribution < 1.29 is 14.3 Å². The Balaban J connectivity index is 2.31. The standard InChI is InChI=1S/C12H22N2O3/c1-8-7-13-9(11(16)14-8)5-6-10(15)17-12(2,3)4/h8-9,13H,5-7H2,1-4H3,(H,14,16)/t8-,9+/m1/s1. The zero-order valence-electron chi connectivity index (χ0n) is 11.0. The van der Waals surface area contributed by atoms with Gasteiger partial charge >= 0.3 is 5.97 Å². The minimum atomic E-state index is -0.464. The lowest BCUT2D eigenvalue weighted by atomic mass is 10.1. The highest BCUT2D eigenvalue weighted by Gasteiger charge is 2.26. The van der Waals surface area contributed by atoms with Crippen molar-refractivity contribution >= 4 is 11.9 Å². The van der Waals surface area contributed by atoms with Crippen LogP contribution in [0.1, 0.15) is 40.5 Å². The van der Waals surface area contributed by atoms with Gasteiger partial charge in [-0.15, -0.1) is 0 Å². The molecule has 5 heteroatoms. The summed E-state index contributed by atoms with van der Waals surface area (Å²) in [4.78, 5) is 23.1. The number of ether oxygens (including phenoxy) is 1. The molecule has 98 valence electrons. The lowest BCUT2D eigenvalue weighted by Gasteiger charge is -2.28. The maximum Gasteiger partial charge on any atom is 0.306 e. The van der Waals surface area contributed by atoms with E-state index >= 15 is 0 Å². The molecular weight excluding hydrogens is 220 g/mol. The molecule has 1 rings (SSSR count). The van der Waals surface area contributed by atoms with E-state index < -0.39 is 5.60 Å². The molecule has 1 saturated heterocycles. The highest BCUT2D eigenvalue weighted by Crippen LogP contribution is 2.10. The van der Waals surface area contributed by atoms with Crippen LogP contribution in [0.3, 0.4) is 0 Å². The van der Waals surface area contributed by atoms with Gasteiger partial charge < -0.3 is 15.4 Å². The molecule has 1 fully saturated rings. The van der Waals surface area contributed by atoms with Crippen LogP contribution in [0.2, 0.25) is 0 Å². The van der Waals surface area contributed by atoms with Gasteiger partial charge in [0.15, 0.2) is 0 Å². The summed E-state index contributed by atoms with van der Waals surface area (Å²) in [5.41, 5.74) is -0.464. The average molecular weight is 242 g/mol. The van der Waals surface area contributed by atoms with Gasteiger partial charge in [0.25, 0.3) is 0 Å². The first-order valence-corrected chi connectivity index (χ1v) is 6.03. The smallest absolute Gasteiger partial charge is 0.306 e. The summed E-state index contributed by atoms with van der Waals surface area (Å²) in [6, 6.07) is -0.126. The lowest BCUT2D eigenvalue weighted by Crippen LogP contribution is -2.57. The summed E-state index contributed by atoms with van der Waals surface area (Å²) in [7, 11) is 0. The second kappa shape index (κ2) is 5.49. The number of amides is 1. The Labute approximate surface area is 102 Å². The maximum absolute atomic E-state index is 11.6. The van der Waals surface area contributed by atoms with Gasteiger partial charge in [0.05, 0.1) is 6.04 Å². The molecule has 0 aliphatic carbocycles. The molecule has 17 heavy (non-hydrogen) atoms. The molecule has 0 aromatic carbocycles.